The molecule has 8 nitrogen and oxygen atoms in total. The highest BCUT2D eigenvalue weighted by Crippen LogP contribution is 2.30. The zero-order chi connectivity index (χ0) is 16.5. The van der Waals surface area contributed by atoms with Crippen LogP contribution in [-0.4, -0.2) is 43.7 Å². The summed E-state index contributed by atoms with van der Waals surface area (Å²) in [6.07, 6.45) is 3.15. The number of aromatic nitrogens is 4. The van der Waals surface area contributed by atoms with E-state index >= 15 is 0 Å². The second-order valence-corrected chi connectivity index (χ2v) is 6.43. The monoisotopic (exact) mass is 345 g/mol. The van der Waals surface area contributed by atoms with Crippen molar-refractivity contribution >= 4 is 17.4 Å². The van der Waals surface area contributed by atoms with Gasteiger partial charge in [0.25, 0.3) is 11.8 Å². The van der Waals surface area contributed by atoms with Crippen molar-refractivity contribution in [3.05, 3.63) is 34.9 Å². The second-order valence-electron chi connectivity index (χ2n) is 5.68. The third-order valence-electron chi connectivity index (χ3n) is 4.15. The lowest BCUT2D eigenvalue weighted by molar-refractivity contribution is 0.0710. The number of rotatable bonds is 3. The van der Waals surface area contributed by atoms with Crippen LogP contribution in [0.1, 0.15) is 40.0 Å². The predicted octanol–water partition coefficient (Wildman–Crippen LogP) is 2.51. The molecule has 0 aromatic carbocycles. The molecule has 1 fully saturated rings. The summed E-state index contributed by atoms with van der Waals surface area (Å²) in [7, 11) is 0. The first-order valence-corrected chi connectivity index (χ1v) is 8.45. The number of aryl methyl sites for hydroxylation is 1. The van der Waals surface area contributed by atoms with Crippen LogP contribution >= 0.6 is 11.5 Å². The van der Waals surface area contributed by atoms with Gasteiger partial charge in [-0.2, -0.15) is 0 Å². The van der Waals surface area contributed by atoms with Gasteiger partial charge in [-0.05, 0) is 43.4 Å². The average Bonchev–Trinajstić information content (AvgIpc) is 3.35. The maximum atomic E-state index is 12.5. The summed E-state index contributed by atoms with van der Waals surface area (Å²) in [5.41, 5.74) is 0.687. The minimum atomic E-state index is 0.00255. The zero-order valence-electron chi connectivity index (χ0n) is 13.0. The van der Waals surface area contributed by atoms with E-state index in [1.165, 1.54) is 0 Å². The van der Waals surface area contributed by atoms with Gasteiger partial charge in [-0.3, -0.25) is 4.79 Å². The topological polar surface area (TPSA) is 98.2 Å². The van der Waals surface area contributed by atoms with Gasteiger partial charge in [-0.25, -0.2) is 0 Å². The quantitative estimate of drug-likeness (QED) is 0.719. The Hall–Kier alpha value is -2.55. The number of hydrogen-bond donors (Lipinski definition) is 0. The van der Waals surface area contributed by atoms with Gasteiger partial charge in [0.2, 0.25) is 5.89 Å². The summed E-state index contributed by atoms with van der Waals surface area (Å²) in [6.45, 7) is 3.11. The number of furan rings is 1. The van der Waals surface area contributed by atoms with Gasteiger partial charge in [-0.1, -0.05) is 4.49 Å². The Morgan fingerprint density at radius 2 is 2.12 bits per heavy atom. The van der Waals surface area contributed by atoms with Crippen molar-refractivity contribution in [3.63, 3.8) is 0 Å². The lowest BCUT2D eigenvalue weighted by atomic mass is 9.96. The normalized spacial score (nSPS) is 15.8. The fraction of sp³-hybridized carbons (Fsp3) is 0.400. The van der Waals surface area contributed by atoms with Crippen LogP contribution in [0.15, 0.2) is 27.2 Å². The molecule has 3 aromatic heterocycles. The third-order valence-corrected chi connectivity index (χ3v) is 4.97. The number of piperidine rings is 1. The van der Waals surface area contributed by atoms with E-state index < -0.39 is 0 Å². The molecule has 0 aliphatic carbocycles. The van der Waals surface area contributed by atoms with Gasteiger partial charge in [0.1, 0.15) is 4.88 Å². The molecule has 124 valence electrons. The second kappa shape index (κ2) is 6.16. The van der Waals surface area contributed by atoms with Gasteiger partial charge in [0.05, 0.1) is 12.0 Å². The van der Waals surface area contributed by atoms with Crippen molar-refractivity contribution in [2.75, 3.05) is 13.1 Å². The van der Waals surface area contributed by atoms with Crippen LogP contribution in [0.3, 0.4) is 0 Å². The van der Waals surface area contributed by atoms with E-state index in [0.29, 0.717) is 41.2 Å². The van der Waals surface area contributed by atoms with Crippen molar-refractivity contribution in [2.24, 2.45) is 0 Å². The summed E-state index contributed by atoms with van der Waals surface area (Å²) in [5.74, 6) is 1.72. The molecular weight excluding hydrogens is 330 g/mol. The highest BCUT2D eigenvalue weighted by molar-refractivity contribution is 7.07. The Kier molecular flexibility index (Phi) is 3.85. The Bertz CT molecular complexity index is 833. The maximum absolute atomic E-state index is 12.5. The lowest BCUT2D eigenvalue weighted by Gasteiger charge is -2.30. The molecule has 3 aromatic rings. The molecule has 1 aliphatic rings. The number of carbonyl (C=O) groups is 1. The molecule has 4 heterocycles. The standard InChI is InChI=1S/C15H15N5O3S/c1-9-12(24-19-16-9)15(21)20-6-4-10(5-7-20)13-17-18-14(23-13)11-3-2-8-22-11/h2-3,8,10H,4-7H2,1H3. The van der Waals surface area contributed by atoms with Gasteiger partial charge in [-0.15, -0.1) is 15.3 Å². The van der Waals surface area contributed by atoms with E-state index in [-0.39, 0.29) is 11.8 Å². The molecule has 0 bridgehead atoms. The summed E-state index contributed by atoms with van der Waals surface area (Å²) in [5, 5.41) is 12.1. The number of likely N-dealkylation sites (tertiary alicyclic amines) is 1. The number of amides is 1. The molecule has 1 amide bonds. The van der Waals surface area contributed by atoms with Crippen LogP contribution in [0.5, 0.6) is 0 Å². The smallest absolute Gasteiger partial charge is 0.283 e. The van der Waals surface area contributed by atoms with Gasteiger partial charge in [0, 0.05) is 19.0 Å². The summed E-state index contributed by atoms with van der Waals surface area (Å²) < 4.78 is 14.8. The van der Waals surface area contributed by atoms with E-state index in [1.54, 1.807) is 25.3 Å². The highest BCUT2D eigenvalue weighted by Gasteiger charge is 2.29. The Morgan fingerprint density at radius 1 is 1.29 bits per heavy atom. The molecule has 0 N–H and O–H groups in total. The summed E-state index contributed by atoms with van der Waals surface area (Å²) in [6, 6.07) is 3.56. The van der Waals surface area contributed by atoms with Crippen LogP contribution in [0.4, 0.5) is 0 Å². The molecule has 0 saturated carbocycles. The lowest BCUT2D eigenvalue weighted by Crippen LogP contribution is -2.37. The van der Waals surface area contributed by atoms with Gasteiger partial charge in [0.15, 0.2) is 5.76 Å². The van der Waals surface area contributed by atoms with Crippen molar-refractivity contribution in [1.82, 2.24) is 24.7 Å². The SMILES string of the molecule is Cc1nnsc1C(=O)N1CCC(c2nnc(-c3ccco3)o2)CC1. The summed E-state index contributed by atoms with van der Waals surface area (Å²) in [4.78, 5) is 14.9. The number of carbonyl (C=O) groups excluding carboxylic acids is 1. The number of nitrogens with zero attached hydrogens (tertiary/aromatic N) is 5. The fourth-order valence-corrected chi connectivity index (χ4v) is 3.43. The molecule has 0 spiro atoms. The number of hydrogen-bond acceptors (Lipinski definition) is 8. The fourth-order valence-electron chi connectivity index (χ4n) is 2.80. The van der Waals surface area contributed by atoms with Crippen molar-refractivity contribution in [3.8, 4) is 11.7 Å². The van der Waals surface area contributed by atoms with Crippen LogP contribution in [0.25, 0.3) is 11.7 Å². The minimum absolute atomic E-state index is 0.00255. The molecule has 1 aliphatic heterocycles. The molecule has 0 unspecified atom stereocenters. The summed E-state index contributed by atoms with van der Waals surface area (Å²) >= 11 is 1.15. The molecule has 0 atom stereocenters. The Labute approximate surface area is 141 Å². The highest BCUT2D eigenvalue weighted by atomic mass is 32.1. The third kappa shape index (κ3) is 2.71. The van der Waals surface area contributed by atoms with Crippen molar-refractivity contribution in [1.29, 1.82) is 0 Å². The van der Waals surface area contributed by atoms with E-state index in [1.807, 2.05) is 4.90 Å². The average molecular weight is 345 g/mol. The van der Waals surface area contributed by atoms with Gasteiger partial charge >= 0.3 is 0 Å². The Balaban J connectivity index is 1.41. The Morgan fingerprint density at radius 3 is 2.79 bits per heavy atom. The van der Waals surface area contributed by atoms with E-state index in [0.717, 1.165) is 24.4 Å². The first-order chi connectivity index (χ1) is 11.7. The first kappa shape index (κ1) is 15.0. The largest absolute Gasteiger partial charge is 0.459 e. The molecule has 4 rings (SSSR count). The van der Waals surface area contributed by atoms with E-state index in [9.17, 15) is 4.79 Å². The molecule has 1 saturated heterocycles. The van der Waals surface area contributed by atoms with Crippen LogP contribution in [-0.2, 0) is 0 Å². The molecule has 24 heavy (non-hydrogen) atoms. The predicted molar refractivity (Wildman–Crippen MR) is 84.5 cm³/mol. The van der Waals surface area contributed by atoms with Crippen LogP contribution < -0.4 is 0 Å². The maximum Gasteiger partial charge on any atom is 0.283 e. The van der Waals surface area contributed by atoms with Crippen LogP contribution in [0, 0.1) is 6.92 Å². The minimum Gasteiger partial charge on any atom is -0.459 e. The molecule has 0 radical (unpaired) electrons. The van der Waals surface area contributed by atoms with Crippen LogP contribution in [0.2, 0.25) is 0 Å². The van der Waals surface area contributed by atoms with E-state index in [2.05, 4.69) is 19.8 Å². The van der Waals surface area contributed by atoms with Crippen molar-refractivity contribution < 1.29 is 13.6 Å². The zero-order valence-corrected chi connectivity index (χ0v) is 13.8. The first-order valence-electron chi connectivity index (χ1n) is 7.68. The molecule has 9 heteroatoms. The van der Waals surface area contributed by atoms with Crippen molar-refractivity contribution in [2.45, 2.75) is 25.7 Å². The van der Waals surface area contributed by atoms with Gasteiger partial charge < -0.3 is 13.7 Å². The van der Waals surface area contributed by atoms with E-state index in [4.69, 9.17) is 8.83 Å². The molecular formula is C15H15N5O3S.